The fourth-order valence-corrected chi connectivity index (χ4v) is 1.15. The highest BCUT2D eigenvalue weighted by molar-refractivity contribution is 5.72. The van der Waals surface area contributed by atoms with E-state index < -0.39 is 0 Å². The molecule has 76 valence electrons. The molecule has 0 atom stereocenters. The van der Waals surface area contributed by atoms with Crippen molar-refractivity contribution in [2.24, 2.45) is 0 Å². The van der Waals surface area contributed by atoms with E-state index in [1.165, 1.54) is 13.0 Å². The van der Waals surface area contributed by atoms with Gasteiger partial charge in [-0.1, -0.05) is 12.1 Å². The van der Waals surface area contributed by atoms with Gasteiger partial charge >= 0.3 is 0 Å². The molecule has 4 heteroatoms. The average Bonchev–Trinajstić information content (AvgIpc) is 2.12. The van der Waals surface area contributed by atoms with Crippen LogP contribution in [0.15, 0.2) is 18.2 Å². The van der Waals surface area contributed by atoms with Crippen molar-refractivity contribution >= 4 is 5.91 Å². The number of phenols is 2. The van der Waals surface area contributed by atoms with Gasteiger partial charge in [0.15, 0.2) is 11.5 Å². The lowest BCUT2D eigenvalue weighted by atomic mass is 10.1. The molecule has 0 spiro atoms. The highest BCUT2D eigenvalue weighted by atomic mass is 16.3. The Hall–Kier alpha value is -1.71. The van der Waals surface area contributed by atoms with Crippen LogP contribution in [0.4, 0.5) is 0 Å². The number of nitrogens with one attached hydrogen (secondary N) is 1. The van der Waals surface area contributed by atoms with E-state index in [-0.39, 0.29) is 17.4 Å². The van der Waals surface area contributed by atoms with Crippen LogP contribution in [0.25, 0.3) is 0 Å². The number of amides is 1. The smallest absolute Gasteiger partial charge is 0.216 e. The zero-order valence-electron chi connectivity index (χ0n) is 7.95. The second kappa shape index (κ2) is 4.50. The van der Waals surface area contributed by atoms with Gasteiger partial charge in [-0.2, -0.15) is 0 Å². The molecule has 0 aromatic heterocycles. The number of phenolic OH excluding ortho intramolecular Hbond substituents is 2. The monoisotopic (exact) mass is 195 g/mol. The van der Waals surface area contributed by atoms with Crippen molar-refractivity contribution in [3.63, 3.8) is 0 Å². The summed E-state index contributed by atoms with van der Waals surface area (Å²) < 4.78 is 0. The molecule has 3 N–H and O–H groups in total. The normalized spacial score (nSPS) is 9.79. The Morgan fingerprint density at radius 2 is 2.14 bits per heavy atom. The van der Waals surface area contributed by atoms with Crippen LogP contribution in [0.2, 0.25) is 0 Å². The van der Waals surface area contributed by atoms with Gasteiger partial charge in [-0.15, -0.1) is 0 Å². The highest BCUT2D eigenvalue weighted by Gasteiger charge is 2.04. The molecule has 0 heterocycles. The molecule has 0 bridgehead atoms. The van der Waals surface area contributed by atoms with Crippen LogP contribution in [0.3, 0.4) is 0 Å². The SMILES string of the molecule is CC(=O)NCCc1cccc(O)c1O. The van der Waals surface area contributed by atoms with E-state index in [0.29, 0.717) is 18.5 Å². The van der Waals surface area contributed by atoms with Crippen molar-refractivity contribution in [2.75, 3.05) is 6.54 Å². The molecule has 1 amide bonds. The molecule has 0 saturated carbocycles. The molecule has 0 fully saturated rings. The molecule has 1 aromatic carbocycles. The van der Waals surface area contributed by atoms with E-state index >= 15 is 0 Å². The van der Waals surface area contributed by atoms with Crippen LogP contribution in [0.5, 0.6) is 11.5 Å². The van der Waals surface area contributed by atoms with Crippen LogP contribution >= 0.6 is 0 Å². The fraction of sp³-hybridized carbons (Fsp3) is 0.300. The molecular weight excluding hydrogens is 182 g/mol. The van der Waals surface area contributed by atoms with Crippen molar-refractivity contribution in [2.45, 2.75) is 13.3 Å². The van der Waals surface area contributed by atoms with Gasteiger partial charge in [0.25, 0.3) is 0 Å². The predicted octanol–water partition coefficient (Wildman–Crippen LogP) is 0.776. The average molecular weight is 195 g/mol. The number of aromatic hydroxyl groups is 2. The largest absolute Gasteiger partial charge is 0.504 e. The second-order valence-corrected chi connectivity index (χ2v) is 3.02. The summed E-state index contributed by atoms with van der Waals surface area (Å²) in [6.07, 6.45) is 0.500. The van der Waals surface area contributed by atoms with E-state index in [1.54, 1.807) is 12.1 Å². The molecule has 0 radical (unpaired) electrons. The summed E-state index contributed by atoms with van der Waals surface area (Å²) in [6, 6.07) is 4.77. The molecule has 0 aliphatic heterocycles. The molecule has 1 rings (SSSR count). The van der Waals surface area contributed by atoms with Gasteiger partial charge in [0.1, 0.15) is 0 Å². The molecule has 1 aromatic rings. The molecule has 0 aliphatic rings. The third-order valence-corrected chi connectivity index (χ3v) is 1.87. The van der Waals surface area contributed by atoms with Crippen molar-refractivity contribution < 1.29 is 15.0 Å². The summed E-state index contributed by atoms with van der Waals surface area (Å²) in [6.45, 7) is 1.88. The van der Waals surface area contributed by atoms with Crippen molar-refractivity contribution in [3.8, 4) is 11.5 Å². The van der Waals surface area contributed by atoms with E-state index in [1.807, 2.05) is 0 Å². The molecule has 4 nitrogen and oxygen atoms in total. The Labute approximate surface area is 82.2 Å². The van der Waals surface area contributed by atoms with E-state index in [4.69, 9.17) is 0 Å². The van der Waals surface area contributed by atoms with Gasteiger partial charge in [-0.05, 0) is 18.1 Å². The zero-order valence-corrected chi connectivity index (χ0v) is 7.95. The number of para-hydroxylation sites is 1. The molecule has 0 saturated heterocycles. The van der Waals surface area contributed by atoms with Gasteiger partial charge in [-0.3, -0.25) is 4.79 Å². The summed E-state index contributed by atoms with van der Waals surface area (Å²) in [5, 5.41) is 21.2. The number of hydrogen-bond donors (Lipinski definition) is 3. The third-order valence-electron chi connectivity index (χ3n) is 1.87. The fourth-order valence-electron chi connectivity index (χ4n) is 1.15. The minimum absolute atomic E-state index is 0.107. The van der Waals surface area contributed by atoms with Crippen LogP contribution in [-0.2, 0) is 11.2 Å². The van der Waals surface area contributed by atoms with Gasteiger partial charge < -0.3 is 15.5 Å². The van der Waals surface area contributed by atoms with E-state index in [0.717, 1.165) is 0 Å². The third kappa shape index (κ3) is 2.65. The van der Waals surface area contributed by atoms with Crippen LogP contribution in [0.1, 0.15) is 12.5 Å². The lowest BCUT2D eigenvalue weighted by Crippen LogP contribution is -2.22. The minimum Gasteiger partial charge on any atom is -0.504 e. The first-order valence-corrected chi connectivity index (χ1v) is 4.35. The summed E-state index contributed by atoms with van der Waals surface area (Å²) >= 11 is 0. The Balaban J connectivity index is 2.59. The lowest BCUT2D eigenvalue weighted by molar-refractivity contribution is -0.118. The van der Waals surface area contributed by atoms with Crippen molar-refractivity contribution in [1.82, 2.24) is 5.32 Å². The highest BCUT2D eigenvalue weighted by Crippen LogP contribution is 2.28. The number of carbonyl (C=O) groups excluding carboxylic acids is 1. The number of rotatable bonds is 3. The Kier molecular flexibility index (Phi) is 3.34. The summed E-state index contributed by atoms with van der Waals surface area (Å²) in [5.74, 6) is -0.354. The first kappa shape index (κ1) is 10.4. The van der Waals surface area contributed by atoms with Crippen LogP contribution in [0, 0.1) is 0 Å². The first-order valence-electron chi connectivity index (χ1n) is 4.35. The van der Waals surface area contributed by atoms with Gasteiger partial charge in [-0.25, -0.2) is 0 Å². The second-order valence-electron chi connectivity index (χ2n) is 3.02. The lowest BCUT2D eigenvalue weighted by Gasteiger charge is -2.05. The molecule has 0 unspecified atom stereocenters. The summed E-state index contributed by atoms with van der Waals surface area (Å²) in [7, 11) is 0. The number of benzene rings is 1. The van der Waals surface area contributed by atoms with E-state index in [9.17, 15) is 15.0 Å². The number of carbonyl (C=O) groups is 1. The van der Waals surface area contributed by atoms with Crippen molar-refractivity contribution in [1.29, 1.82) is 0 Å². The molecule has 14 heavy (non-hydrogen) atoms. The summed E-state index contributed by atoms with van der Waals surface area (Å²) in [4.78, 5) is 10.6. The standard InChI is InChI=1S/C10H13NO3/c1-7(12)11-6-5-8-3-2-4-9(13)10(8)14/h2-4,13-14H,5-6H2,1H3,(H,11,12). The van der Waals surface area contributed by atoms with Gasteiger partial charge in [0.2, 0.25) is 5.91 Å². The maximum atomic E-state index is 10.6. The van der Waals surface area contributed by atoms with E-state index in [2.05, 4.69) is 5.32 Å². The zero-order chi connectivity index (χ0) is 10.6. The molecule has 0 aliphatic carbocycles. The Morgan fingerprint density at radius 3 is 2.79 bits per heavy atom. The topological polar surface area (TPSA) is 69.6 Å². The van der Waals surface area contributed by atoms with Gasteiger partial charge in [0, 0.05) is 13.5 Å². The van der Waals surface area contributed by atoms with Crippen LogP contribution < -0.4 is 5.32 Å². The Morgan fingerprint density at radius 1 is 1.43 bits per heavy atom. The quantitative estimate of drug-likeness (QED) is 0.624. The first-order chi connectivity index (χ1) is 6.61. The summed E-state index contributed by atoms with van der Waals surface area (Å²) in [5.41, 5.74) is 0.624. The van der Waals surface area contributed by atoms with Crippen molar-refractivity contribution in [3.05, 3.63) is 23.8 Å². The van der Waals surface area contributed by atoms with Gasteiger partial charge in [0.05, 0.1) is 0 Å². The maximum absolute atomic E-state index is 10.6. The van der Waals surface area contributed by atoms with Crippen LogP contribution in [-0.4, -0.2) is 22.7 Å². The molecular formula is C10H13NO3. The number of hydrogen-bond acceptors (Lipinski definition) is 3. The minimum atomic E-state index is -0.134. The Bertz CT molecular complexity index is 336. The maximum Gasteiger partial charge on any atom is 0.216 e. The predicted molar refractivity (Wildman–Crippen MR) is 52.2 cm³/mol.